The lowest BCUT2D eigenvalue weighted by atomic mass is 9.83. The van der Waals surface area contributed by atoms with Crippen LogP contribution in [0.1, 0.15) is 53.6 Å². The lowest BCUT2D eigenvalue weighted by molar-refractivity contribution is 0.0955. The maximum Gasteiger partial charge on any atom is 0.271 e. The van der Waals surface area contributed by atoms with Crippen LogP contribution in [0.2, 0.25) is 5.02 Å². The molecule has 1 fully saturated rings. The Labute approximate surface area is 169 Å². The number of phenols is 1. The van der Waals surface area contributed by atoms with E-state index >= 15 is 0 Å². The maximum atomic E-state index is 12.0. The van der Waals surface area contributed by atoms with E-state index in [1.165, 1.54) is 24.6 Å². The van der Waals surface area contributed by atoms with Crippen molar-refractivity contribution in [3.05, 3.63) is 64.2 Å². The lowest BCUT2D eigenvalue weighted by Crippen LogP contribution is -2.40. The quantitative estimate of drug-likeness (QED) is 0.419. The Morgan fingerprint density at radius 1 is 1.18 bits per heavy atom. The van der Waals surface area contributed by atoms with Crippen molar-refractivity contribution >= 4 is 23.7 Å². The number of nitrogens with one attached hydrogen (secondary N) is 1. The molecular formula is C22H22ClN3O2. The van der Waals surface area contributed by atoms with Gasteiger partial charge in [0.25, 0.3) is 5.91 Å². The molecule has 144 valence electrons. The molecule has 2 aromatic rings. The summed E-state index contributed by atoms with van der Waals surface area (Å²) in [5.74, 6) is 5.90. The summed E-state index contributed by atoms with van der Waals surface area (Å²) in [6.07, 6.45) is 6.98. The number of hydrazone groups is 1. The van der Waals surface area contributed by atoms with E-state index < -0.39 is 5.91 Å². The van der Waals surface area contributed by atoms with E-state index in [0.29, 0.717) is 5.56 Å². The maximum absolute atomic E-state index is 12.0. The number of phenolic OH excluding ortho intramolecular Hbond substituents is 1. The van der Waals surface area contributed by atoms with Crippen LogP contribution in [0.4, 0.5) is 0 Å². The minimum Gasteiger partial charge on any atom is -0.506 e. The molecule has 0 unspecified atom stereocenters. The van der Waals surface area contributed by atoms with Crippen molar-refractivity contribution in [1.29, 1.82) is 0 Å². The van der Waals surface area contributed by atoms with Crippen molar-refractivity contribution < 1.29 is 9.90 Å². The van der Waals surface area contributed by atoms with E-state index in [-0.39, 0.29) is 16.3 Å². The predicted octanol–water partition coefficient (Wildman–Crippen LogP) is 3.82. The number of hydrogen-bond acceptors (Lipinski definition) is 4. The Bertz CT molecular complexity index is 936. The molecule has 0 aliphatic heterocycles. The van der Waals surface area contributed by atoms with Crippen LogP contribution in [-0.2, 0) is 0 Å². The molecule has 2 aromatic carbocycles. The first-order valence-corrected chi connectivity index (χ1v) is 9.57. The zero-order valence-corrected chi connectivity index (χ0v) is 16.2. The van der Waals surface area contributed by atoms with Gasteiger partial charge in [0.05, 0.1) is 16.8 Å². The Kier molecular flexibility index (Phi) is 6.35. The molecular weight excluding hydrogens is 374 g/mol. The highest BCUT2D eigenvalue weighted by molar-refractivity contribution is 6.32. The number of aromatic hydroxyl groups is 1. The van der Waals surface area contributed by atoms with Crippen molar-refractivity contribution in [3.63, 3.8) is 0 Å². The normalized spacial score (nSPS) is 15.6. The van der Waals surface area contributed by atoms with E-state index in [0.717, 1.165) is 36.8 Å². The van der Waals surface area contributed by atoms with Gasteiger partial charge < -0.3 is 10.8 Å². The van der Waals surface area contributed by atoms with Gasteiger partial charge in [-0.2, -0.15) is 5.10 Å². The minimum absolute atomic E-state index is 0.0750. The molecule has 0 spiro atoms. The molecule has 1 aliphatic carbocycles. The molecule has 0 saturated heterocycles. The van der Waals surface area contributed by atoms with Gasteiger partial charge in [-0.05, 0) is 48.7 Å². The summed E-state index contributed by atoms with van der Waals surface area (Å²) in [4.78, 5) is 12.0. The third-order valence-corrected chi connectivity index (χ3v) is 5.00. The summed E-state index contributed by atoms with van der Waals surface area (Å²) in [6, 6.07) is 11.8. The van der Waals surface area contributed by atoms with Crippen molar-refractivity contribution in [2.45, 2.75) is 37.6 Å². The van der Waals surface area contributed by atoms with E-state index in [4.69, 9.17) is 17.3 Å². The number of hydrogen-bond donors (Lipinski definition) is 3. The molecule has 0 radical (unpaired) electrons. The van der Waals surface area contributed by atoms with Crippen LogP contribution in [0.5, 0.6) is 5.75 Å². The minimum atomic E-state index is -0.415. The van der Waals surface area contributed by atoms with Crippen molar-refractivity contribution in [2.24, 2.45) is 10.8 Å². The number of carbonyl (C=O) groups is 1. The molecule has 4 N–H and O–H groups in total. The third kappa shape index (κ3) is 5.35. The van der Waals surface area contributed by atoms with Crippen LogP contribution in [0.3, 0.4) is 0 Å². The second kappa shape index (κ2) is 8.92. The van der Waals surface area contributed by atoms with Crippen molar-refractivity contribution in [1.82, 2.24) is 5.43 Å². The number of halogens is 1. The fourth-order valence-electron chi connectivity index (χ4n) is 3.03. The van der Waals surface area contributed by atoms with Gasteiger partial charge in [0.1, 0.15) is 5.75 Å². The zero-order chi connectivity index (χ0) is 20.0. The van der Waals surface area contributed by atoms with Crippen LogP contribution < -0.4 is 11.2 Å². The van der Waals surface area contributed by atoms with Gasteiger partial charge >= 0.3 is 0 Å². The van der Waals surface area contributed by atoms with Gasteiger partial charge in [-0.15, -0.1) is 0 Å². The molecule has 6 heteroatoms. The standard InChI is InChI=1S/C22H22ClN3O2/c23-19-14-18(8-9-20(19)27)21(28)26-25-15-17-6-4-16(5-7-17)10-13-22(24)11-2-1-3-12-22/h4-9,14-15,27H,1-3,11-12,24H2,(H,26,28). The number of carbonyl (C=O) groups excluding carboxylic acids is 1. The molecule has 1 amide bonds. The molecule has 1 saturated carbocycles. The topological polar surface area (TPSA) is 87.7 Å². The molecule has 0 heterocycles. The number of benzene rings is 2. The summed E-state index contributed by atoms with van der Waals surface area (Å²) >= 11 is 5.80. The molecule has 0 aromatic heterocycles. The van der Waals surface area contributed by atoms with E-state index in [1.807, 2.05) is 24.3 Å². The highest BCUT2D eigenvalue weighted by Crippen LogP contribution is 2.25. The van der Waals surface area contributed by atoms with Gasteiger partial charge in [0.2, 0.25) is 0 Å². The first-order chi connectivity index (χ1) is 13.5. The van der Waals surface area contributed by atoms with Gasteiger partial charge in [0, 0.05) is 11.1 Å². The molecule has 0 atom stereocenters. The number of amides is 1. The second-order valence-corrected chi connectivity index (χ2v) is 7.36. The second-order valence-electron chi connectivity index (χ2n) is 6.95. The van der Waals surface area contributed by atoms with Gasteiger partial charge in [0.15, 0.2) is 0 Å². The number of rotatable bonds is 3. The Morgan fingerprint density at radius 2 is 1.89 bits per heavy atom. The third-order valence-electron chi connectivity index (χ3n) is 4.70. The summed E-state index contributed by atoms with van der Waals surface area (Å²) in [6.45, 7) is 0. The van der Waals surface area contributed by atoms with Gasteiger partial charge in [-0.1, -0.05) is 54.8 Å². The smallest absolute Gasteiger partial charge is 0.271 e. The highest BCUT2D eigenvalue weighted by Gasteiger charge is 2.24. The number of nitrogens with two attached hydrogens (primary N) is 1. The fraction of sp³-hybridized carbons (Fsp3) is 0.273. The van der Waals surface area contributed by atoms with Crippen molar-refractivity contribution in [3.8, 4) is 17.6 Å². The lowest BCUT2D eigenvalue weighted by Gasteiger charge is -2.27. The fourth-order valence-corrected chi connectivity index (χ4v) is 3.22. The average Bonchev–Trinajstić information content (AvgIpc) is 2.70. The SMILES string of the molecule is NC1(C#Cc2ccc(C=NNC(=O)c3ccc(O)c(Cl)c3)cc2)CCCCC1. The Morgan fingerprint density at radius 3 is 2.57 bits per heavy atom. The van der Waals surface area contributed by atoms with Gasteiger partial charge in [-0.25, -0.2) is 5.43 Å². The Hall–Kier alpha value is -2.81. The van der Waals surface area contributed by atoms with Crippen LogP contribution >= 0.6 is 11.6 Å². The van der Waals surface area contributed by atoms with Crippen LogP contribution in [0.15, 0.2) is 47.6 Å². The monoisotopic (exact) mass is 395 g/mol. The van der Waals surface area contributed by atoms with E-state index in [1.54, 1.807) is 6.21 Å². The first kappa shape index (κ1) is 19.9. The average molecular weight is 396 g/mol. The first-order valence-electron chi connectivity index (χ1n) is 9.19. The van der Waals surface area contributed by atoms with Crippen LogP contribution in [-0.4, -0.2) is 22.8 Å². The Balaban J connectivity index is 1.58. The van der Waals surface area contributed by atoms with E-state index in [9.17, 15) is 9.90 Å². The van der Waals surface area contributed by atoms with Crippen LogP contribution in [0, 0.1) is 11.8 Å². The summed E-state index contributed by atoms with van der Waals surface area (Å²) in [7, 11) is 0. The molecule has 28 heavy (non-hydrogen) atoms. The number of nitrogens with zero attached hydrogens (tertiary/aromatic N) is 1. The van der Waals surface area contributed by atoms with E-state index in [2.05, 4.69) is 22.4 Å². The highest BCUT2D eigenvalue weighted by atomic mass is 35.5. The molecule has 1 aliphatic rings. The molecule has 5 nitrogen and oxygen atoms in total. The zero-order valence-electron chi connectivity index (χ0n) is 15.4. The molecule has 3 rings (SSSR count). The predicted molar refractivity (Wildman–Crippen MR) is 112 cm³/mol. The summed E-state index contributed by atoms with van der Waals surface area (Å²) in [5.41, 5.74) is 10.4. The summed E-state index contributed by atoms with van der Waals surface area (Å²) < 4.78 is 0. The van der Waals surface area contributed by atoms with Crippen molar-refractivity contribution in [2.75, 3.05) is 0 Å². The molecule has 0 bridgehead atoms. The summed E-state index contributed by atoms with van der Waals surface area (Å²) in [5, 5.41) is 13.4. The van der Waals surface area contributed by atoms with Crippen LogP contribution in [0.25, 0.3) is 0 Å². The van der Waals surface area contributed by atoms with Gasteiger partial charge in [-0.3, -0.25) is 4.79 Å². The largest absolute Gasteiger partial charge is 0.506 e.